The van der Waals surface area contributed by atoms with Crippen molar-refractivity contribution >= 4 is 39.9 Å². The Balaban J connectivity index is 0.00000112. The fraction of sp³-hybridized carbons (Fsp3) is 0.321. The lowest BCUT2D eigenvalue weighted by molar-refractivity contribution is 0.0172. The smallest absolute Gasteiger partial charge is 0.450 e. The molecule has 0 atom stereocenters. The highest BCUT2D eigenvalue weighted by atomic mass is 16.7. The average Bonchev–Trinajstić information content (AvgIpc) is 2.81. The van der Waals surface area contributed by atoms with Crippen molar-refractivity contribution in [3.63, 3.8) is 0 Å². The molecule has 198 valence electrons. The van der Waals surface area contributed by atoms with Crippen LogP contribution in [0.15, 0.2) is 67.3 Å². The molecule has 0 aliphatic heterocycles. The first-order valence-electron chi connectivity index (χ1n) is 11.7. The molecule has 3 rings (SSSR count). The summed E-state index contributed by atoms with van der Waals surface area (Å²) in [5.41, 5.74) is 0.529. The van der Waals surface area contributed by atoms with Gasteiger partial charge in [0, 0.05) is 13.0 Å². The third-order valence-corrected chi connectivity index (χ3v) is 5.04. The van der Waals surface area contributed by atoms with Crippen LogP contribution in [-0.2, 0) is 20.6 Å². The van der Waals surface area contributed by atoms with Crippen molar-refractivity contribution in [2.24, 2.45) is 0 Å². The maximum Gasteiger partial charge on any atom is 0.508 e. The highest BCUT2D eigenvalue weighted by Crippen LogP contribution is 2.28. The molecule has 2 N–H and O–H groups in total. The molecule has 3 aromatic carbocycles. The molecule has 0 spiro atoms. The normalized spacial score (nSPS) is 10.7. The van der Waals surface area contributed by atoms with Crippen LogP contribution in [0.25, 0.3) is 21.5 Å². The Morgan fingerprint density at radius 1 is 0.919 bits per heavy atom. The minimum Gasteiger partial charge on any atom is -0.450 e. The standard InChI is InChI=1S/C27H31NO5.CH2O3/c1-5-15-28(25(29)33-27(2,3)4)16-18-32-26(30)31-17-14-24-22-12-8-6-10-20(22)19-21-11-7-9-13-23(21)24;2-1(3)4/h5-13,19H,1,14-18H2,2-4H3;(H2,2,3,4). The summed E-state index contributed by atoms with van der Waals surface area (Å²) in [6.07, 6.45) is -0.918. The SMILES string of the molecule is C=CCN(CCOC(=O)OCCc1c2ccccc2cc2ccccc12)C(=O)OC(C)(C)C.O=C(O)O. The second-order valence-corrected chi connectivity index (χ2v) is 8.99. The van der Waals surface area contributed by atoms with E-state index in [9.17, 15) is 9.59 Å². The van der Waals surface area contributed by atoms with E-state index >= 15 is 0 Å². The minimum absolute atomic E-state index is 0.00309. The molecular weight excluding hydrogens is 478 g/mol. The average molecular weight is 512 g/mol. The molecule has 3 aromatic rings. The van der Waals surface area contributed by atoms with Gasteiger partial charge in [-0.1, -0.05) is 54.6 Å². The molecule has 0 saturated heterocycles. The quantitative estimate of drug-likeness (QED) is 0.204. The molecule has 0 heterocycles. The first-order chi connectivity index (χ1) is 17.5. The molecule has 0 saturated carbocycles. The Labute approximate surface area is 215 Å². The molecule has 0 aliphatic rings. The molecule has 0 radical (unpaired) electrons. The van der Waals surface area contributed by atoms with Crippen LogP contribution in [0.5, 0.6) is 0 Å². The summed E-state index contributed by atoms with van der Waals surface area (Å²) in [4.78, 5) is 34.3. The fourth-order valence-electron chi connectivity index (χ4n) is 3.63. The largest absolute Gasteiger partial charge is 0.508 e. The lowest BCUT2D eigenvalue weighted by Crippen LogP contribution is -2.39. The van der Waals surface area contributed by atoms with Gasteiger partial charge < -0.3 is 29.3 Å². The van der Waals surface area contributed by atoms with E-state index in [0.29, 0.717) is 13.0 Å². The van der Waals surface area contributed by atoms with Crippen LogP contribution >= 0.6 is 0 Å². The number of ether oxygens (including phenoxy) is 3. The maximum atomic E-state index is 12.3. The van der Waals surface area contributed by atoms with E-state index in [4.69, 9.17) is 29.2 Å². The Bertz CT molecular complexity index is 1170. The van der Waals surface area contributed by atoms with E-state index in [1.54, 1.807) is 26.8 Å². The Hall–Kier alpha value is -4.27. The Morgan fingerprint density at radius 2 is 1.43 bits per heavy atom. The first kappa shape index (κ1) is 29.0. The molecule has 0 bridgehead atoms. The van der Waals surface area contributed by atoms with E-state index < -0.39 is 24.0 Å². The number of carboxylic acid groups (broad SMARTS) is 2. The minimum atomic E-state index is -1.83. The van der Waals surface area contributed by atoms with Gasteiger partial charge in [-0.2, -0.15) is 0 Å². The molecule has 0 aliphatic carbocycles. The van der Waals surface area contributed by atoms with Crippen molar-refractivity contribution in [2.75, 3.05) is 26.3 Å². The van der Waals surface area contributed by atoms with Gasteiger partial charge in [0.1, 0.15) is 12.2 Å². The van der Waals surface area contributed by atoms with Gasteiger partial charge in [-0.25, -0.2) is 14.4 Å². The van der Waals surface area contributed by atoms with Crippen LogP contribution in [0.3, 0.4) is 0 Å². The van der Waals surface area contributed by atoms with Crippen LogP contribution in [0.1, 0.15) is 26.3 Å². The lowest BCUT2D eigenvalue weighted by Gasteiger charge is -2.26. The molecule has 1 amide bonds. The summed E-state index contributed by atoms with van der Waals surface area (Å²) >= 11 is 0. The van der Waals surface area contributed by atoms with E-state index in [-0.39, 0.29) is 19.8 Å². The predicted octanol–water partition coefficient (Wildman–Crippen LogP) is 6.33. The van der Waals surface area contributed by atoms with Crippen LogP contribution < -0.4 is 0 Å². The molecule has 9 heteroatoms. The molecule has 9 nitrogen and oxygen atoms in total. The number of benzene rings is 3. The van der Waals surface area contributed by atoms with Crippen molar-refractivity contribution in [2.45, 2.75) is 32.8 Å². The summed E-state index contributed by atoms with van der Waals surface area (Å²) in [6.45, 7) is 9.71. The Morgan fingerprint density at radius 3 is 1.95 bits per heavy atom. The molecule has 0 unspecified atom stereocenters. The number of rotatable bonds is 8. The summed E-state index contributed by atoms with van der Waals surface area (Å²) in [5, 5.41) is 18.5. The summed E-state index contributed by atoms with van der Waals surface area (Å²) < 4.78 is 15.8. The monoisotopic (exact) mass is 511 g/mol. The second kappa shape index (κ2) is 13.7. The lowest BCUT2D eigenvalue weighted by atomic mass is 9.95. The number of carbonyl (C=O) groups is 3. The van der Waals surface area contributed by atoms with Crippen molar-refractivity contribution in [1.29, 1.82) is 0 Å². The van der Waals surface area contributed by atoms with Gasteiger partial charge in [-0.05, 0) is 53.9 Å². The number of nitrogens with zero attached hydrogens (tertiary/aromatic N) is 1. The van der Waals surface area contributed by atoms with Gasteiger partial charge in [0.2, 0.25) is 0 Å². The zero-order chi connectivity index (χ0) is 27.4. The third kappa shape index (κ3) is 9.71. The number of carbonyl (C=O) groups excluding carboxylic acids is 2. The van der Waals surface area contributed by atoms with Crippen molar-refractivity contribution in [3.05, 3.63) is 72.8 Å². The predicted molar refractivity (Wildman–Crippen MR) is 141 cm³/mol. The first-order valence-corrected chi connectivity index (χ1v) is 11.7. The van der Waals surface area contributed by atoms with Crippen molar-refractivity contribution in [1.82, 2.24) is 4.90 Å². The number of hydrogen-bond acceptors (Lipinski definition) is 6. The summed E-state index contributed by atoms with van der Waals surface area (Å²) in [6, 6.07) is 18.6. The van der Waals surface area contributed by atoms with Gasteiger partial charge in [-0.15, -0.1) is 6.58 Å². The molecular formula is C28H33NO8. The molecule has 0 fully saturated rings. The van der Waals surface area contributed by atoms with Gasteiger partial charge in [0.25, 0.3) is 0 Å². The fourth-order valence-corrected chi connectivity index (χ4v) is 3.63. The van der Waals surface area contributed by atoms with Crippen LogP contribution in [0.4, 0.5) is 14.4 Å². The van der Waals surface area contributed by atoms with Crippen LogP contribution in [-0.4, -0.2) is 65.4 Å². The molecule has 0 aromatic heterocycles. The van der Waals surface area contributed by atoms with E-state index in [2.05, 4.69) is 36.9 Å². The van der Waals surface area contributed by atoms with Gasteiger partial charge >= 0.3 is 18.4 Å². The zero-order valence-electron chi connectivity index (χ0n) is 21.3. The third-order valence-electron chi connectivity index (χ3n) is 5.04. The highest BCUT2D eigenvalue weighted by molar-refractivity contribution is 6.02. The summed E-state index contributed by atoms with van der Waals surface area (Å²) in [5.74, 6) is 0. The number of hydrogen-bond donors (Lipinski definition) is 2. The van der Waals surface area contributed by atoms with Crippen molar-refractivity contribution < 1.29 is 38.8 Å². The zero-order valence-corrected chi connectivity index (χ0v) is 21.3. The topological polar surface area (TPSA) is 123 Å². The maximum absolute atomic E-state index is 12.3. The van der Waals surface area contributed by atoms with E-state index in [0.717, 1.165) is 27.1 Å². The van der Waals surface area contributed by atoms with Gasteiger partial charge in [0.05, 0.1) is 13.2 Å². The van der Waals surface area contributed by atoms with Crippen LogP contribution in [0.2, 0.25) is 0 Å². The number of fused-ring (bicyclic) bond motifs is 2. The second-order valence-electron chi connectivity index (χ2n) is 8.99. The van der Waals surface area contributed by atoms with E-state index in [1.165, 1.54) is 4.90 Å². The summed E-state index contributed by atoms with van der Waals surface area (Å²) in [7, 11) is 0. The Kier molecular flexibility index (Phi) is 10.7. The number of amides is 1. The highest BCUT2D eigenvalue weighted by Gasteiger charge is 2.21. The van der Waals surface area contributed by atoms with E-state index in [1.807, 2.05) is 24.3 Å². The van der Waals surface area contributed by atoms with Crippen LogP contribution in [0, 0.1) is 0 Å². The van der Waals surface area contributed by atoms with Gasteiger partial charge in [-0.3, -0.25) is 0 Å². The molecule has 37 heavy (non-hydrogen) atoms. The van der Waals surface area contributed by atoms with Gasteiger partial charge in [0.15, 0.2) is 0 Å². The van der Waals surface area contributed by atoms with Crippen molar-refractivity contribution in [3.8, 4) is 0 Å².